The van der Waals surface area contributed by atoms with E-state index in [1.165, 1.54) is 29.4 Å². The predicted molar refractivity (Wildman–Crippen MR) is 85.8 cm³/mol. The van der Waals surface area contributed by atoms with Gasteiger partial charge in [0.1, 0.15) is 11.3 Å². The largest absolute Gasteiger partial charge is 0.459 e. The van der Waals surface area contributed by atoms with E-state index in [4.69, 9.17) is 9.15 Å². The highest BCUT2D eigenvalue weighted by atomic mass is 16.5. The van der Waals surface area contributed by atoms with Crippen LogP contribution in [0.4, 0.5) is 0 Å². The molecular weight excluding hydrogens is 262 g/mol. The molecule has 114 valence electrons. The van der Waals surface area contributed by atoms with Gasteiger partial charge < -0.3 is 14.5 Å². The van der Waals surface area contributed by atoms with Crippen LogP contribution in [-0.2, 0) is 17.7 Å². The van der Waals surface area contributed by atoms with Crippen LogP contribution in [0.1, 0.15) is 49.0 Å². The van der Waals surface area contributed by atoms with Gasteiger partial charge in [0.15, 0.2) is 0 Å². The predicted octanol–water partition coefficient (Wildman–Crippen LogP) is 4.00. The first-order valence-corrected chi connectivity index (χ1v) is 8.07. The number of hydrogen-bond donors (Lipinski definition) is 1. The molecule has 0 amide bonds. The molecule has 0 bridgehead atoms. The van der Waals surface area contributed by atoms with Gasteiger partial charge in [0.2, 0.25) is 0 Å². The molecule has 21 heavy (non-hydrogen) atoms. The van der Waals surface area contributed by atoms with E-state index < -0.39 is 0 Å². The molecule has 0 spiro atoms. The highest BCUT2D eigenvalue weighted by molar-refractivity contribution is 5.84. The Bertz CT molecular complexity index is 599. The van der Waals surface area contributed by atoms with Crippen molar-refractivity contribution in [3.05, 3.63) is 35.1 Å². The van der Waals surface area contributed by atoms with E-state index in [2.05, 4.69) is 30.4 Å². The average Bonchev–Trinajstić information content (AvgIpc) is 3.26. The molecule has 1 aromatic heterocycles. The summed E-state index contributed by atoms with van der Waals surface area (Å²) in [7, 11) is 1.75. The zero-order valence-corrected chi connectivity index (χ0v) is 13.1. The van der Waals surface area contributed by atoms with Gasteiger partial charge in [-0.1, -0.05) is 13.0 Å². The van der Waals surface area contributed by atoms with Crippen LogP contribution in [0.2, 0.25) is 0 Å². The van der Waals surface area contributed by atoms with E-state index in [1.807, 2.05) is 0 Å². The van der Waals surface area contributed by atoms with E-state index in [-0.39, 0.29) is 0 Å². The van der Waals surface area contributed by atoms with Crippen LogP contribution in [0.3, 0.4) is 0 Å². The highest BCUT2D eigenvalue weighted by Gasteiger charge is 2.30. The monoisotopic (exact) mass is 287 g/mol. The van der Waals surface area contributed by atoms with Crippen LogP contribution in [0.25, 0.3) is 11.0 Å². The molecule has 0 saturated heterocycles. The summed E-state index contributed by atoms with van der Waals surface area (Å²) in [6, 6.07) is 6.58. The minimum absolute atomic E-state index is 0.711. The van der Waals surface area contributed by atoms with Gasteiger partial charge in [-0.2, -0.15) is 0 Å². The molecule has 0 unspecified atom stereocenters. The number of ether oxygens (including phenoxy) is 1. The van der Waals surface area contributed by atoms with Crippen LogP contribution in [0.5, 0.6) is 0 Å². The van der Waals surface area contributed by atoms with Crippen LogP contribution in [-0.4, -0.2) is 20.3 Å². The molecule has 0 radical (unpaired) electrons. The van der Waals surface area contributed by atoms with Gasteiger partial charge >= 0.3 is 0 Å². The van der Waals surface area contributed by atoms with Gasteiger partial charge in [0.05, 0.1) is 13.2 Å². The topological polar surface area (TPSA) is 34.4 Å². The molecule has 2 aromatic rings. The van der Waals surface area contributed by atoms with Crippen molar-refractivity contribution in [3.8, 4) is 0 Å². The summed E-state index contributed by atoms with van der Waals surface area (Å²) >= 11 is 0. The first-order valence-electron chi connectivity index (χ1n) is 8.07. The Morgan fingerprint density at radius 3 is 2.90 bits per heavy atom. The van der Waals surface area contributed by atoms with Gasteiger partial charge in [-0.15, -0.1) is 0 Å². The molecule has 1 saturated carbocycles. The minimum Gasteiger partial charge on any atom is -0.459 e. The number of benzene rings is 1. The molecular formula is C18H25NO2. The summed E-state index contributed by atoms with van der Waals surface area (Å²) in [5.41, 5.74) is 3.82. The van der Waals surface area contributed by atoms with Crippen molar-refractivity contribution in [2.75, 3.05) is 20.3 Å². The van der Waals surface area contributed by atoms with Crippen molar-refractivity contribution >= 4 is 11.0 Å². The third-order valence-corrected chi connectivity index (χ3v) is 4.16. The Balaban J connectivity index is 1.90. The van der Waals surface area contributed by atoms with Crippen molar-refractivity contribution in [2.24, 2.45) is 0 Å². The van der Waals surface area contributed by atoms with Gasteiger partial charge in [0, 0.05) is 18.1 Å². The lowest BCUT2D eigenvalue weighted by Gasteiger charge is -2.03. The van der Waals surface area contributed by atoms with E-state index >= 15 is 0 Å². The minimum atomic E-state index is 0.711. The molecule has 1 aliphatic rings. The summed E-state index contributed by atoms with van der Waals surface area (Å²) in [4.78, 5) is 0. The van der Waals surface area contributed by atoms with Crippen molar-refractivity contribution in [2.45, 2.75) is 45.1 Å². The summed E-state index contributed by atoms with van der Waals surface area (Å²) in [5, 5.41) is 4.79. The number of rotatable bonds is 8. The molecule has 1 aliphatic carbocycles. The number of fused-ring (bicyclic) bond motifs is 1. The first-order chi connectivity index (χ1) is 10.3. The maximum atomic E-state index is 6.11. The quantitative estimate of drug-likeness (QED) is 0.745. The summed E-state index contributed by atoms with van der Waals surface area (Å²) in [5.74, 6) is 1.85. The van der Waals surface area contributed by atoms with Gasteiger partial charge in [-0.25, -0.2) is 0 Å². The van der Waals surface area contributed by atoms with Gasteiger partial charge in [-0.3, -0.25) is 0 Å². The first kappa shape index (κ1) is 14.6. The Hall–Kier alpha value is -1.32. The second-order valence-corrected chi connectivity index (χ2v) is 5.96. The smallest absolute Gasteiger partial charge is 0.134 e. The normalized spacial score (nSPS) is 15.0. The van der Waals surface area contributed by atoms with Crippen molar-refractivity contribution in [3.63, 3.8) is 0 Å². The number of furan rings is 1. The van der Waals surface area contributed by atoms with Crippen molar-refractivity contribution < 1.29 is 9.15 Å². The third kappa shape index (κ3) is 3.30. The molecule has 1 fully saturated rings. The number of hydrogen-bond acceptors (Lipinski definition) is 3. The average molecular weight is 287 g/mol. The standard InChI is InChI=1S/C18H25NO2/c1-3-9-19-12-17-18(14-5-6-14)15-11-13(8-10-20-2)4-7-16(15)21-17/h4,7,11,14,19H,3,5-6,8-10,12H2,1-2H3. The Morgan fingerprint density at radius 2 is 2.19 bits per heavy atom. The molecule has 3 heteroatoms. The molecule has 1 heterocycles. The summed E-state index contributed by atoms with van der Waals surface area (Å²) in [6.45, 7) is 4.85. The highest BCUT2D eigenvalue weighted by Crippen LogP contribution is 2.46. The Morgan fingerprint density at radius 1 is 1.33 bits per heavy atom. The third-order valence-electron chi connectivity index (χ3n) is 4.16. The van der Waals surface area contributed by atoms with E-state index in [0.717, 1.165) is 43.9 Å². The van der Waals surface area contributed by atoms with Gasteiger partial charge in [-0.05, 0) is 55.8 Å². The van der Waals surface area contributed by atoms with E-state index in [9.17, 15) is 0 Å². The van der Waals surface area contributed by atoms with Crippen LogP contribution in [0, 0.1) is 0 Å². The Labute approximate surface area is 126 Å². The van der Waals surface area contributed by atoms with Crippen LogP contribution < -0.4 is 5.32 Å². The number of nitrogens with one attached hydrogen (secondary N) is 1. The fourth-order valence-corrected chi connectivity index (χ4v) is 2.92. The molecule has 1 N–H and O–H groups in total. The molecule has 0 atom stereocenters. The lowest BCUT2D eigenvalue weighted by atomic mass is 10.0. The summed E-state index contributed by atoms with van der Waals surface area (Å²) < 4.78 is 11.3. The zero-order chi connectivity index (χ0) is 14.7. The number of methoxy groups -OCH3 is 1. The molecule has 0 aliphatic heterocycles. The summed E-state index contributed by atoms with van der Waals surface area (Å²) in [6.07, 6.45) is 4.72. The fraction of sp³-hybridized carbons (Fsp3) is 0.556. The molecule has 3 nitrogen and oxygen atoms in total. The Kier molecular flexibility index (Phi) is 4.61. The maximum Gasteiger partial charge on any atom is 0.134 e. The van der Waals surface area contributed by atoms with Crippen molar-refractivity contribution in [1.82, 2.24) is 5.32 Å². The van der Waals surface area contributed by atoms with Crippen molar-refractivity contribution in [1.29, 1.82) is 0 Å². The lowest BCUT2D eigenvalue weighted by Crippen LogP contribution is -2.14. The van der Waals surface area contributed by atoms with Crippen LogP contribution in [0.15, 0.2) is 22.6 Å². The molecule has 3 rings (SSSR count). The second-order valence-electron chi connectivity index (χ2n) is 5.96. The zero-order valence-electron chi connectivity index (χ0n) is 13.1. The van der Waals surface area contributed by atoms with E-state index in [0.29, 0.717) is 5.92 Å². The molecule has 1 aromatic carbocycles. The maximum absolute atomic E-state index is 6.11. The van der Waals surface area contributed by atoms with Gasteiger partial charge in [0.25, 0.3) is 0 Å². The second kappa shape index (κ2) is 6.63. The van der Waals surface area contributed by atoms with Crippen LogP contribution >= 0.6 is 0 Å². The lowest BCUT2D eigenvalue weighted by molar-refractivity contribution is 0.202. The fourth-order valence-electron chi connectivity index (χ4n) is 2.92. The SMILES string of the molecule is CCCNCc1oc2ccc(CCOC)cc2c1C1CC1. The van der Waals surface area contributed by atoms with E-state index in [1.54, 1.807) is 7.11 Å².